The Bertz CT molecular complexity index is 617. The van der Waals surface area contributed by atoms with Gasteiger partial charge in [0.05, 0.1) is 6.20 Å². The zero-order chi connectivity index (χ0) is 12.5. The topological polar surface area (TPSA) is 90.6 Å². The minimum atomic E-state index is -3.19. The maximum Gasteiger partial charge on any atom is 0.216 e. The second-order valence-electron chi connectivity index (χ2n) is 3.10. The Morgan fingerprint density at radius 1 is 1.53 bits per heavy atom. The molecule has 2 heterocycles. The van der Waals surface area contributed by atoms with E-state index in [1.807, 2.05) is 6.92 Å². The Labute approximate surface area is 106 Å². The van der Waals surface area contributed by atoms with Crippen LogP contribution in [0.15, 0.2) is 19.9 Å². The third-order valence-electron chi connectivity index (χ3n) is 1.81. The van der Waals surface area contributed by atoms with Crippen LogP contribution in [0.1, 0.15) is 6.92 Å². The number of aromatic nitrogens is 5. The first-order chi connectivity index (χ1) is 8.00. The number of tetrazole rings is 1. The first-order valence-corrected chi connectivity index (χ1v) is 8.13. The van der Waals surface area contributed by atoms with Crippen LogP contribution in [0.5, 0.6) is 0 Å². The van der Waals surface area contributed by atoms with Crippen molar-refractivity contribution in [1.29, 1.82) is 0 Å². The molecular weight excluding hydrogens is 282 g/mol. The Morgan fingerprint density at radius 2 is 2.29 bits per heavy atom. The van der Waals surface area contributed by atoms with Crippen LogP contribution >= 0.6 is 23.1 Å². The van der Waals surface area contributed by atoms with Gasteiger partial charge in [0, 0.05) is 12.8 Å². The van der Waals surface area contributed by atoms with Gasteiger partial charge in [0.1, 0.15) is 4.21 Å². The zero-order valence-corrected chi connectivity index (χ0v) is 11.5. The highest BCUT2D eigenvalue weighted by atomic mass is 32.2. The normalized spacial score (nSPS) is 11.9. The summed E-state index contributed by atoms with van der Waals surface area (Å²) in [5.74, 6) is 0. The largest absolute Gasteiger partial charge is 0.236 e. The van der Waals surface area contributed by atoms with Gasteiger partial charge in [-0.15, -0.1) is 5.10 Å². The molecule has 2 aromatic heterocycles. The van der Waals surface area contributed by atoms with Crippen molar-refractivity contribution >= 4 is 32.9 Å². The van der Waals surface area contributed by atoms with Gasteiger partial charge in [-0.2, -0.15) is 0 Å². The molecule has 0 amide bonds. The van der Waals surface area contributed by atoms with E-state index in [1.165, 1.54) is 18.0 Å². The maximum atomic E-state index is 11.3. The molecule has 0 aliphatic rings. The lowest BCUT2D eigenvalue weighted by atomic mass is 10.8. The van der Waals surface area contributed by atoms with Crippen molar-refractivity contribution in [2.75, 3.05) is 6.26 Å². The number of hydrogen-bond acceptors (Lipinski definition) is 8. The Balaban J connectivity index is 2.23. The van der Waals surface area contributed by atoms with Crippen LogP contribution in [0, 0.1) is 0 Å². The summed E-state index contributed by atoms with van der Waals surface area (Å²) < 4.78 is 25.0. The summed E-state index contributed by atoms with van der Waals surface area (Å²) in [4.78, 5) is 4.03. The quantitative estimate of drug-likeness (QED) is 0.819. The van der Waals surface area contributed by atoms with E-state index >= 15 is 0 Å². The van der Waals surface area contributed by atoms with Crippen molar-refractivity contribution in [3.8, 4) is 0 Å². The standard InChI is InChI=1S/C7H9N5O2S3/c1-3-12-6(9-10-11-12)16-7-8-4-5(15-7)17(2,13)14/h4H,3H2,1-2H3. The first-order valence-electron chi connectivity index (χ1n) is 4.60. The minimum absolute atomic E-state index is 0.246. The fraction of sp³-hybridized carbons (Fsp3) is 0.429. The van der Waals surface area contributed by atoms with Gasteiger partial charge in [-0.1, -0.05) is 11.3 Å². The molecule has 0 aliphatic carbocycles. The van der Waals surface area contributed by atoms with Gasteiger partial charge in [-0.05, 0) is 29.1 Å². The van der Waals surface area contributed by atoms with Gasteiger partial charge in [0.15, 0.2) is 14.2 Å². The molecule has 0 atom stereocenters. The fourth-order valence-electron chi connectivity index (χ4n) is 1.01. The zero-order valence-electron chi connectivity index (χ0n) is 9.06. The van der Waals surface area contributed by atoms with E-state index in [9.17, 15) is 8.42 Å². The van der Waals surface area contributed by atoms with Crippen LogP contribution in [0.3, 0.4) is 0 Å². The van der Waals surface area contributed by atoms with Gasteiger partial charge in [0.2, 0.25) is 5.16 Å². The Hall–Kier alpha value is -1.00. The molecule has 0 aliphatic heterocycles. The molecule has 0 spiro atoms. The third-order valence-corrected chi connectivity index (χ3v) is 5.64. The summed E-state index contributed by atoms with van der Waals surface area (Å²) >= 11 is 2.36. The maximum absolute atomic E-state index is 11.3. The number of rotatable bonds is 4. The highest BCUT2D eigenvalue weighted by molar-refractivity contribution is 8.01. The Kier molecular flexibility index (Phi) is 3.45. The lowest BCUT2D eigenvalue weighted by molar-refractivity contribution is 0.581. The molecule has 0 fully saturated rings. The molecule has 17 heavy (non-hydrogen) atoms. The molecule has 10 heteroatoms. The average molecular weight is 291 g/mol. The first kappa shape index (κ1) is 12.5. The fourth-order valence-corrected chi connectivity index (χ4v) is 3.91. The molecule has 0 saturated carbocycles. The third kappa shape index (κ3) is 2.82. The van der Waals surface area contributed by atoms with Crippen molar-refractivity contribution in [2.45, 2.75) is 27.2 Å². The molecule has 2 rings (SSSR count). The highest BCUT2D eigenvalue weighted by Crippen LogP contribution is 2.31. The summed E-state index contributed by atoms with van der Waals surface area (Å²) in [5.41, 5.74) is 0. The van der Waals surface area contributed by atoms with E-state index in [0.29, 0.717) is 16.0 Å². The number of aryl methyl sites for hydroxylation is 1. The van der Waals surface area contributed by atoms with E-state index in [0.717, 1.165) is 17.6 Å². The molecule has 0 radical (unpaired) electrons. The molecule has 0 bridgehead atoms. The van der Waals surface area contributed by atoms with E-state index in [2.05, 4.69) is 20.5 Å². The predicted octanol–water partition coefficient (Wildman–Crippen LogP) is 0.704. The summed E-state index contributed by atoms with van der Waals surface area (Å²) in [6, 6.07) is 0. The van der Waals surface area contributed by atoms with Gasteiger partial charge in [0.25, 0.3) is 0 Å². The predicted molar refractivity (Wildman–Crippen MR) is 62.8 cm³/mol. The smallest absolute Gasteiger partial charge is 0.216 e. The molecule has 0 unspecified atom stereocenters. The SMILES string of the molecule is CCn1nnnc1Sc1ncc(S(C)(=O)=O)s1. The minimum Gasteiger partial charge on any atom is -0.236 e. The van der Waals surface area contributed by atoms with Crippen molar-refractivity contribution < 1.29 is 8.42 Å². The van der Waals surface area contributed by atoms with Crippen LogP contribution in [0.2, 0.25) is 0 Å². The van der Waals surface area contributed by atoms with Crippen LogP contribution in [0.25, 0.3) is 0 Å². The molecule has 7 nitrogen and oxygen atoms in total. The summed E-state index contributed by atoms with van der Waals surface area (Å²) in [6.07, 6.45) is 2.51. The summed E-state index contributed by atoms with van der Waals surface area (Å²) in [5, 5.41) is 11.8. The van der Waals surface area contributed by atoms with E-state index in [4.69, 9.17) is 0 Å². The molecule has 0 saturated heterocycles. The lowest BCUT2D eigenvalue weighted by Crippen LogP contribution is -1.98. The van der Waals surface area contributed by atoms with Crippen LogP contribution in [-0.4, -0.2) is 39.9 Å². The van der Waals surface area contributed by atoms with Crippen LogP contribution < -0.4 is 0 Å². The number of sulfone groups is 1. The highest BCUT2D eigenvalue weighted by Gasteiger charge is 2.15. The molecule has 92 valence electrons. The van der Waals surface area contributed by atoms with Crippen molar-refractivity contribution in [1.82, 2.24) is 25.2 Å². The average Bonchev–Trinajstić information content (AvgIpc) is 2.86. The second kappa shape index (κ2) is 4.70. The van der Waals surface area contributed by atoms with Gasteiger partial charge in [-0.25, -0.2) is 18.1 Å². The monoisotopic (exact) mass is 291 g/mol. The van der Waals surface area contributed by atoms with E-state index in [1.54, 1.807) is 4.68 Å². The van der Waals surface area contributed by atoms with Crippen LogP contribution in [0.4, 0.5) is 0 Å². The van der Waals surface area contributed by atoms with Crippen LogP contribution in [-0.2, 0) is 16.4 Å². The molecule has 2 aromatic rings. The van der Waals surface area contributed by atoms with E-state index < -0.39 is 9.84 Å². The van der Waals surface area contributed by atoms with E-state index in [-0.39, 0.29) is 4.21 Å². The van der Waals surface area contributed by atoms with Crippen molar-refractivity contribution in [3.05, 3.63) is 6.20 Å². The number of hydrogen-bond donors (Lipinski definition) is 0. The molecule has 0 aromatic carbocycles. The van der Waals surface area contributed by atoms with Gasteiger partial charge in [-0.3, -0.25) is 0 Å². The Morgan fingerprint density at radius 3 is 2.88 bits per heavy atom. The molecular formula is C7H9N5O2S3. The lowest BCUT2D eigenvalue weighted by Gasteiger charge is -1.96. The number of thiazole rings is 1. The van der Waals surface area contributed by atoms with Gasteiger partial charge >= 0.3 is 0 Å². The van der Waals surface area contributed by atoms with Crippen molar-refractivity contribution in [3.63, 3.8) is 0 Å². The molecule has 0 N–H and O–H groups in total. The second-order valence-corrected chi connectivity index (χ2v) is 7.58. The summed E-state index contributed by atoms with van der Waals surface area (Å²) in [7, 11) is -3.19. The number of nitrogens with zero attached hydrogens (tertiary/aromatic N) is 5. The van der Waals surface area contributed by atoms with Crippen molar-refractivity contribution in [2.24, 2.45) is 0 Å². The van der Waals surface area contributed by atoms with Gasteiger partial charge < -0.3 is 0 Å². The summed E-state index contributed by atoms with van der Waals surface area (Å²) in [6.45, 7) is 2.57.